The smallest absolute Gasteiger partial charge is 0.307 e. The van der Waals surface area contributed by atoms with E-state index in [0.29, 0.717) is 13.1 Å². The van der Waals surface area contributed by atoms with Gasteiger partial charge in [-0.15, -0.1) is 0 Å². The van der Waals surface area contributed by atoms with Crippen molar-refractivity contribution in [3.8, 4) is 0 Å². The Bertz CT molecular complexity index is 378. The van der Waals surface area contributed by atoms with Crippen molar-refractivity contribution in [2.24, 2.45) is 0 Å². The van der Waals surface area contributed by atoms with Crippen LogP contribution in [0.3, 0.4) is 0 Å². The molecule has 18 heavy (non-hydrogen) atoms. The summed E-state index contributed by atoms with van der Waals surface area (Å²) in [6.45, 7) is 1.07. The van der Waals surface area contributed by atoms with E-state index in [0.717, 1.165) is 5.56 Å². The highest BCUT2D eigenvalue weighted by Crippen LogP contribution is 2.01. The van der Waals surface area contributed by atoms with Crippen LogP contribution in [-0.2, 0) is 20.9 Å². The van der Waals surface area contributed by atoms with E-state index in [1.54, 1.807) is 0 Å². The SMILES string of the molecule is O=C(O)CCNCCC(=O)OCc1ccccc1. The topological polar surface area (TPSA) is 75.6 Å². The molecule has 0 bridgehead atoms. The Kier molecular flexibility index (Phi) is 6.50. The Labute approximate surface area is 106 Å². The van der Waals surface area contributed by atoms with E-state index in [4.69, 9.17) is 9.84 Å². The molecule has 0 aromatic heterocycles. The number of benzene rings is 1. The average Bonchev–Trinajstić information content (AvgIpc) is 2.37. The molecule has 0 saturated carbocycles. The number of carbonyl (C=O) groups excluding carboxylic acids is 1. The first kappa shape index (κ1) is 14.2. The number of aliphatic carboxylic acids is 1. The van der Waals surface area contributed by atoms with Crippen LogP contribution >= 0.6 is 0 Å². The van der Waals surface area contributed by atoms with Crippen LogP contribution in [0.2, 0.25) is 0 Å². The van der Waals surface area contributed by atoms with Crippen molar-refractivity contribution in [2.45, 2.75) is 19.4 Å². The molecule has 2 N–H and O–H groups in total. The zero-order chi connectivity index (χ0) is 13.2. The quantitative estimate of drug-likeness (QED) is 0.536. The first-order chi connectivity index (χ1) is 8.68. The molecule has 0 spiro atoms. The number of nitrogens with one attached hydrogen (secondary N) is 1. The largest absolute Gasteiger partial charge is 0.481 e. The normalized spacial score (nSPS) is 10.0. The summed E-state index contributed by atoms with van der Waals surface area (Å²) in [6.07, 6.45) is 0.297. The van der Waals surface area contributed by atoms with E-state index in [1.165, 1.54) is 0 Å². The van der Waals surface area contributed by atoms with Crippen molar-refractivity contribution in [1.82, 2.24) is 5.32 Å². The van der Waals surface area contributed by atoms with Crippen LogP contribution in [-0.4, -0.2) is 30.1 Å². The zero-order valence-corrected chi connectivity index (χ0v) is 10.1. The molecule has 1 aromatic rings. The summed E-state index contributed by atoms with van der Waals surface area (Å²) in [5.41, 5.74) is 0.949. The Hall–Kier alpha value is -1.88. The van der Waals surface area contributed by atoms with Gasteiger partial charge in [-0.05, 0) is 5.56 Å². The van der Waals surface area contributed by atoms with Gasteiger partial charge in [0.15, 0.2) is 0 Å². The molecule has 0 aliphatic heterocycles. The summed E-state index contributed by atoms with van der Waals surface area (Å²) in [7, 11) is 0. The van der Waals surface area contributed by atoms with Gasteiger partial charge in [-0.2, -0.15) is 0 Å². The van der Waals surface area contributed by atoms with Crippen LogP contribution in [0.5, 0.6) is 0 Å². The fourth-order valence-electron chi connectivity index (χ4n) is 1.32. The lowest BCUT2D eigenvalue weighted by atomic mass is 10.2. The highest BCUT2D eigenvalue weighted by molar-refractivity contribution is 5.69. The van der Waals surface area contributed by atoms with Gasteiger partial charge >= 0.3 is 11.9 Å². The van der Waals surface area contributed by atoms with Gasteiger partial charge in [0.1, 0.15) is 6.61 Å². The Morgan fingerprint density at radius 1 is 1.11 bits per heavy atom. The molecule has 0 unspecified atom stereocenters. The fraction of sp³-hybridized carbons (Fsp3) is 0.385. The van der Waals surface area contributed by atoms with E-state index in [9.17, 15) is 9.59 Å². The molecular formula is C13H17NO4. The molecule has 1 rings (SSSR count). The number of hydrogen-bond acceptors (Lipinski definition) is 4. The zero-order valence-electron chi connectivity index (χ0n) is 10.1. The first-order valence-corrected chi connectivity index (χ1v) is 5.80. The second-order valence-corrected chi connectivity index (χ2v) is 3.79. The number of esters is 1. The summed E-state index contributed by atoms with van der Waals surface area (Å²) in [5.74, 6) is -1.14. The Morgan fingerprint density at radius 3 is 2.44 bits per heavy atom. The van der Waals surface area contributed by atoms with Gasteiger partial charge in [-0.1, -0.05) is 30.3 Å². The summed E-state index contributed by atoms with van der Waals surface area (Å²) >= 11 is 0. The predicted molar refractivity (Wildman–Crippen MR) is 66.0 cm³/mol. The summed E-state index contributed by atoms with van der Waals surface area (Å²) in [5, 5.41) is 11.3. The van der Waals surface area contributed by atoms with E-state index >= 15 is 0 Å². The van der Waals surface area contributed by atoms with Crippen LogP contribution in [0.25, 0.3) is 0 Å². The third kappa shape index (κ3) is 6.65. The molecule has 0 heterocycles. The molecule has 5 nitrogen and oxygen atoms in total. The van der Waals surface area contributed by atoms with Gasteiger partial charge in [-0.3, -0.25) is 9.59 Å². The van der Waals surface area contributed by atoms with Crippen molar-refractivity contribution in [1.29, 1.82) is 0 Å². The van der Waals surface area contributed by atoms with Gasteiger partial charge in [0.05, 0.1) is 12.8 Å². The molecule has 0 saturated heterocycles. The third-order valence-electron chi connectivity index (χ3n) is 2.26. The number of carbonyl (C=O) groups is 2. The van der Waals surface area contributed by atoms with Crippen LogP contribution in [0.15, 0.2) is 30.3 Å². The standard InChI is InChI=1S/C13H17NO4/c15-12(16)6-8-14-9-7-13(17)18-10-11-4-2-1-3-5-11/h1-5,14H,6-10H2,(H,15,16). The number of ether oxygens (including phenoxy) is 1. The van der Waals surface area contributed by atoms with Crippen molar-refractivity contribution >= 4 is 11.9 Å². The molecule has 0 aliphatic rings. The number of hydrogen-bond donors (Lipinski definition) is 2. The van der Waals surface area contributed by atoms with E-state index in [-0.39, 0.29) is 25.4 Å². The molecule has 1 aromatic carbocycles. The molecular weight excluding hydrogens is 234 g/mol. The van der Waals surface area contributed by atoms with Gasteiger partial charge in [-0.25, -0.2) is 0 Å². The second-order valence-electron chi connectivity index (χ2n) is 3.79. The average molecular weight is 251 g/mol. The van der Waals surface area contributed by atoms with E-state index in [1.807, 2.05) is 30.3 Å². The lowest BCUT2D eigenvalue weighted by Gasteiger charge is -2.05. The molecule has 0 radical (unpaired) electrons. The van der Waals surface area contributed by atoms with E-state index in [2.05, 4.69) is 5.32 Å². The van der Waals surface area contributed by atoms with Gasteiger partial charge in [0.25, 0.3) is 0 Å². The van der Waals surface area contributed by atoms with Crippen molar-refractivity contribution in [3.63, 3.8) is 0 Å². The maximum atomic E-state index is 11.3. The highest BCUT2D eigenvalue weighted by Gasteiger charge is 2.03. The third-order valence-corrected chi connectivity index (χ3v) is 2.26. The maximum absolute atomic E-state index is 11.3. The van der Waals surface area contributed by atoms with Crippen LogP contribution in [0.4, 0.5) is 0 Å². The van der Waals surface area contributed by atoms with Crippen LogP contribution in [0.1, 0.15) is 18.4 Å². The van der Waals surface area contributed by atoms with Crippen LogP contribution in [0, 0.1) is 0 Å². The summed E-state index contributed by atoms with van der Waals surface area (Å²) in [6, 6.07) is 9.45. The molecule has 0 atom stereocenters. The van der Waals surface area contributed by atoms with Gasteiger partial charge in [0, 0.05) is 13.1 Å². The number of rotatable bonds is 8. The van der Waals surface area contributed by atoms with Crippen molar-refractivity contribution in [3.05, 3.63) is 35.9 Å². The Balaban J connectivity index is 2.06. The molecule has 5 heteroatoms. The molecule has 0 fully saturated rings. The Morgan fingerprint density at radius 2 is 1.78 bits per heavy atom. The minimum absolute atomic E-state index is 0.0546. The summed E-state index contributed by atoms with van der Waals surface area (Å²) < 4.78 is 5.06. The minimum Gasteiger partial charge on any atom is -0.481 e. The van der Waals surface area contributed by atoms with Crippen LogP contribution < -0.4 is 5.32 Å². The lowest BCUT2D eigenvalue weighted by Crippen LogP contribution is -2.22. The van der Waals surface area contributed by atoms with E-state index < -0.39 is 5.97 Å². The number of carboxylic acid groups (broad SMARTS) is 1. The lowest BCUT2D eigenvalue weighted by molar-refractivity contribution is -0.144. The van der Waals surface area contributed by atoms with Crippen molar-refractivity contribution < 1.29 is 19.4 Å². The molecule has 0 amide bonds. The summed E-state index contributed by atoms with van der Waals surface area (Å²) in [4.78, 5) is 21.6. The predicted octanol–water partition coefficient (Wildman–Crippen LogP) is 1.18. The second kappa shape index (κ2) is 8.25. The monoisotopic (exact) mass is 251 g/mol. The van der Waals surface area contributed by atoms with Gasteiger partial charge < -0.3 is 15.2 Å². The molecule has 98 valence electrons. The number of carboxylic acids is 1. The fourth-order valence-corrected chi connectivity index (χ4v) is 1.32. The first-order valence-electron chi connectivity index (χ1n) is 5.80. The highest BCUT2D eigenvalue weighted by atomic mass is 16.5. The maximum Gasteiger partial charge on any atom is 0.307 e. The minimum atomic E-state index is -0.853. The van der Waals surface area contributed by atoms with Crippen molar-refractivity contribution in [2.75, 3.05) is 13.1 Å². The van der Waals surface area contributed by atoms with Gasteiger partial charge in [0.2, 0.25) is 0 Å². The molecule has 0 aliphatic carbocycles.